The second-order valence-electron chi connectivity index (χ2n) is 5.78. The Kier molecular flexibility index (Phi) is 14.5. The summed E-state index contributed by atoms with van der Waals surface area (Å²) in [5.41, 5.74) is 1.40. The van der Waals surface area contributed by atoms with Gasteiger partial charge in [-0.1, -0.05) is 26.3 Å². The van der Waals surface area contributed by atoms with Gasteiger partial charge < -0.3 is 19.5 Å². The number of hydrogen-bond acceptors (Lipinski definition) is 7. The van der Waals surface area contributed by atoms with Crippen molar-refractivity contribution in [2.24, 2.45) is 0 Å². The second kappa shape index (κ2) is 15.0. The highest BCUT2D eigenvalue weighted by Gasteiger charge is 2.05. The van der Waals surface area contributed by atoms with Crippen molar-refractivity contribution in [2.45, 2.75) is 27.7 Å². The van der Waals surface area contributed by atoms with Gasteiger partial charge in [-0.3, -0.25) is 4.79 Å². The number of ether oxygens (including phenoxy) is 3. The lowest BCUT2D eigenvalue weighted by Crippen LogP contribution is -2.28. The minimum atomic E-state index is -0.489. The fourth-order valence-electron chi connectivity index (χ4n) is 1.10. The first kappa shape index (κ1) is 27.1. The molecule has 0 rings (SSSR count). The molecule has 0 fully saturated rings. The predicted octanol–water partition coefficient (Wildman–Crippen LogP) is 2.02. The zero-order chi connectivity index (χ0) is 22.3. The Hall–Kier alpha value is -3.16. The zero-order valence-electron chi connectivity index (χ0n) is 17.0. The molecule has 0 aliphatic heterocycles. The van der Waals surface area contributed by atoms with Gasteiger partial charge in [0.25, 0.3) is 0 Å². The number of nitrogens with one attached hydrogen (secondary N) is 1. The number of amides is 1. The van der Waals surface area contributed by atoms with E-state index in [9.17, 15) is 19.2 Å². The van der Waals surface area contributed by atoms with Crippen LogP contribution in [0.15, 0.2) is 48.6 Å². The molecule has 0 spiro atoms. The minimum absolute atomic E-state index is 0.0325. The molecule has 0 heterocycles. The van der Waals surface area contributed by atoms with Crippen LogP contribution in [0.5, 0.6) is 0 Å². The Morgan fingerprint density at radius 2 is 0.929 bits per heavy atom. The molecule has 0 aliphatic carbocycles. The van der Waals surface area contributed by atoms with Crippen LogP contribution in [0.2, 0.25) is 0 Å². The van der Waals surface area contributed by atoms with E-state index in [-0.39, 0.29) is 32.3 Å². The van der Waals surface area contributed by atoms with E-state index in [1.165, 1.54) is 0 Å². The highest BCUT2D eigenvalue weighted by Crippen LogP contribution is 1.94. The van der Waals surface area contributed by atoms with E-state index < -0.39 is 17.9 Å². The average molecular weight is 395 g/mol. The molecule has 0 saturated heterocycles. The lowest BCUT2D eigenvalue weighted by atomic mass is 10.3. The van der Waals surface area contributed by atoms with E-state index >= 15 is 0 Å². The molecule has 28 heavy (non-hydrogen) atoms. The summed E-state index contributed by atoms with van der Waals surface area (Å²) in [6, 6.07) is 0. The van der Waals surface area contributed by atoms with Gasteiger partial charge in [-0.2, -0.15) is 0 Å². The number of carbonyl (C=O) groups excluding carboxylic acids is 4. The van der Waals surface area contributed by atoms with E-state index in [1.54, 1.807) is 27.7 Å². The maximum absolute atomic E-state index is 11.0. The Balaban J connectivity index is 0. The van der Waals surface area contributed by atoms with Crippen molar-refractivity contribution in [3.8, 4) is 0 Å². The van der Waals surface area contributed by atoms with Crippen molar-refractivity contribution in [2.75, 3.05) is 26.4 Å². The minimum Gasteiger partial charge on any atom is -0.460 e. The monoisotopic (exact) mass is 395 g/mol. The Morgan fingerprint density at radius 3 is 1.21 bits per heavy atom. The smallest absolute Gasteiger partial charge is 0.333 e. The van der Waals surface area contributed by atoms with Crippen LogP contribution in [0, 0.1) is 0 Å². The van der Waals surface area contributed by atoms with Crippen molar-refractivity contribution in [1.29, 1.82) is 0 Å². The highest BCUT2D eigenvalue weighted by atomic mass is 16.6. The quantitative estimate of drug-likeness (QED) is 0.261. The summed E-state index contributed by atoms with van der Waals surface area (Å²) in [6.07, 6.45) is 0. The molecule has 8 nitrogen and oxygen atoms in total. The molecule has 0 radical (unpaired) electrons. The molecular weight excluding hydrogens is 366 g/mol. The van der Waals surface area contributed by atoms with Crippen molar-refractivity contribution < 1.29 is 33.4 Å². The molecule has 0 aromatic carbocycles. The maximum atomic E-state index is 11.0. The fraction of sp³-hybridized carbons (Fsp3) is 0.400. The fourth-order valence-corrected chi connectivity index (χ4v) is 1.10. The summed E-state index contributed by atoms with van der Waals surface area (Å²) >= 11 is 0. The van der Waals surface area contributed by atoms with Crippen LogP contribution >= 0.6 is 0 Å². The average Bonchev–Trinajstić information content (AvgIpc) is 2.61. The molecule has 0 saturated carbocycles. The van der Waals surface area contributed by atoms with Crippen LogP contribution < -0.4 is 5.32 Å². The van der Waals surface area contributed by atoms with Crippen molar-refractivity contribution in [3.05, 3.63) is 48.6 Å². The summed E-state index contributed by atoms with van der Waals surface area (Å²) < 4.78 is 14.1. The van der Waals surface area contributed by atoms with E-state index in [4.69, 9.17) is 4.74 Å². The van der Waals surface area contributed by atoms with Gasteiger partial charge in [-0.25, -0.2) is 14.4 Å². The lowest BCUT2D eigenvalue weighted by molar-refractivity contribution is -0.147. The third-order valence-electron chi connectivity index (χ3n) is 2.60. The van der Waals surface area contributed by atoms with Gasteiger partial charge in [-0.05, 0) is 27.7 Å². The van der Waals surface area contributed by atoms with Gasteiger partial charge in [0, 0.05) is 22.3 Å². The number of esters is 3. The van der Waals surface area contributed by atoms with Gasteiger partial charge >= 0.3 is 17.9 Å². The third-order valence-corrected chi connectivity index (χ3v) is 2.60. The molecule has 0 atom stereocenters. The van der Waals surface area contributed by atoms with E-state index in [0.29, 0.717) is 22.3 Å². The standard InChI is InChI=1S/C10H15NO3.C10H14O4/c1-7(2)9(12)11-5-6-14-10(13)8(3)4;1-7(2)9(11)13-5-6-14-10(12)8(3)4/h1,3,5-6H2,2,4H3,(H,11,12);1,3,5-6H2,2,4H3. The maximum Gasteiger partial charge on any atom is 0.333 e. The van der Waals surface area contributed by atoms with Crippen LogP contribution in [-0.2, 0) is 33.4 Å². The van der Waals surface area contributed by atoms with E-state index in [0.717, 1.165) is 0 Å². The highest BCUT2D eigenvalue weighted by molar-refractivity contribution is 5.92. The molecule has 1 amide bonds. The summed E-state index contributed by atoms with van der Waals surface area (Å²) in [4.78, 5) is 43.5. The molecule has 0 aromatic heterocycles. The third kappa shape index (κ3) is 15.1. The lowest BCUT2D eigenvalue weighted by Gasteiger charge is -2.05. The molecule has 0 aromatic rings. The molecule has 0 aliphatic rings. The number of carbonyl (C=O) groups is 4. The largest absolute Gasteiger partial charge is 0.460 e. The Morgan fingerprint density at radius 1 is 0.607 bits per heavy atom. The van der Waals surface area contributed by atoms with E-state index in [2.05, 4.69) is 41.1 Å². The van der Waals surface area contributed by atoms with Crippen LogP contribution in [0.4, 0.5) is 0 Å². The molecule has 1 N–H and O–H groups in total. The van der Waals surface area contributed by atoms with Crippen molar-refractivity contribution in [1.82, 2.24) is 5.32 Å². The van der Waals surface area contributed by atoms with Gasteiger partial charge in [0.05, 0.1) is 6.54 Å². The van der Waals surface area contributed by atoms with Gasteiger partial charge in [0.15, 0.2) is 0 Å². The molecule has 0 bridgehead atoms. The first-order valence-electron chi connectivity index (χ1n) is 8.31. The normalized spacial score (nSPS) is 9.00. The molecule has 0 unspecified atom stereocenters. The molecular formula is C20H29NO7. The second-order valence-corrected chi connectivity index (χ2v) is 5.78. The molecule has 156 valence electrons. The summed E-state index contributed by atoms with van der Waals surface area (Å²) in [7, 11) is 0. The predicted molar refractivity (Wildman–Crippen MR) is 105 cm³/mol. The zero-order valence-corrected chi connectivity index (χ0v) is 17.0. The van der Waals surface area contributed by atoms with Crippen molar-refractivity contribution in [3.63, 3.8) is 0 Å². The first-order valence-corrected chi connectivity index (χ1v) is 8.31. The number of rotatable bonds is 10. The summed E-state index contributed by atoms with van der Waals surface area (Å²) in [5.74, 6) is -1.67. The first-order chi connectivity index (χ1) is 12.9. The van der Waals surface area contributed by atoms with Crippen LogP contribution in [0.25, 0.3) is 0 Å². The number of hydrogen-bond donors (Lipinski definition) is 1. The van der Waals surface area contributed by atoms with Crippen LogP contribution in [0.3, 0.4) is 0 Å². The SMILES string of the molecule is C=C(C)C(=O)NCCOC(=O)C(=C)C.C=C(C)C(=O)OCCOC(=O)C(=C)C. The van der Waals surface area contributed by atoms with Gasteiger partial charge in [-0.15, -0.1) is 0 Å². The van der Waals surface area contributed by atoms with Crippen LogP contribution in [-0.4, -0.2) is 50.2 Å². The van der Waals surface area contributed by atoms with E-state index in [1.807, 2.05) is 0 Å². The van der Waals surface area contributed by atoms with Gasteiger partial charge in [0.1, 0.15) is 19.8 Å². The van der Waals surface area contributed by atoms with Crippen molar-refractivity contribution >= 4 is 23.8 Å². The molecule has 8 heteroatoms. The summed E-state index contributed by atoms with van der Waals surface area (Å²) in [6.45, 7) is 20.4. The van der Waals surface area contributed by atoms with Gasteiger partial charge in [0.2, 0.25) is 5.91 Å². The Labute approximate surface area is 165 Å². The van der Waals surface area contributed by atoms with Crippen LogP contribution in [0.1, 0.15) is 27.7 Å². The Bertz CT molecular complexity index is 535. The topological polar surface area (TPSA) is 108 Å². The summed E-state index contributed by atoms with van der Waals surface area (Å²) in [5, 5.41) is 2.53.